The second-order valence-electron chi connectivity index (χ2n) is 2.47. The summed E-state index contributed by atoms with van der Waals surface area (Å²) >= 11 is 0. The van der Waals surface area contributed by atoms with Crippen LogP contribution in [0.15, 0.2) is 17.0 Å². The van der Waals surface area contributed by atoms with Crippen LogP contribution in [0.4, 0.5) is 8.78 Å². The topological polar surface area (TPSA) is 69.4 Å². The Kier molecular flexibility index (Phi) is 2.72. The van der Waals surface area contributed by atoms with E-state index >= 15 is 0 Å². The molecule has 0 bridgehead atoms. The maximum Gasteiger partial charge on any atom is 0.241 e. The quantitative estimate of drug-likeness (QED) is 0.799. The normalized spacial score (nSPS) is 11.4. The molecule has 14 heavy (non-hydrogen) atoms. The average Bonchev–Trinajstić information content (AvgIpc) is 2.07. The van der Waals surface area contributed by atoms with Crippen LogP contribution in [0.2, 0.25) is 0 Å². The summed E-state index contributed by atoms with van der Waals surface area (Å²) in [6, 6.07) is 1.54. The highest BCUT2D eigenvalue weighted by Crippen LogP contribution is 2.22. The standard InChI is InChI=1S/C7H7F2NO3S/c1-13-4-2-5(8)7(9)6(3-4)14(10,11)12/h2-3H,1H3,(H2,10,11,12). The van der Waals surface area contributed by atoms with Crippen molar-refractivity contribution in [3.05, 3.63) is 23.8 Å². The van der Waals surface area contributed by atoms with Gasteiger partial charge in [0.25, 0.3) is 0 Å². The summed E-state index contributed by atoms with van der Waals surface area (Å²) in [6.45, 7) is 0. The van der Waals surface area contributed by atoms with Crippen molar-refractivity contribution in [2.75, 3.05) is 7.11 Å². The molecule has 0 spiro atoms. The van der Waals surface area contributed by atoms with Gasteiger partial charge in [-0.25, -0.2) is 22.3 Å². The summed E-state index contributed by atoms with van der Waals surface area (Å²) in [5, 5.41) is 4.66. The molecule has 1 aromatic rings. The number of ether oxygens (including phenoxy) is 1. The number of primary sulfonamides is 1. The fourth-order valence-corrected chi connectivity index (χ4v) is 1.49. The average molecular weight is 223 g/mol. The molecule has 0 heterocycles. The van der Waals surface area contributed by atoms with Crippen molar-refractivity contribution in [3.8, 4) is 5.75 Å². The van der Waals surface area contributed by atoms with Crippen LogP contribution in [-0.4, -0.2) is 15.5 Å². The Morgan fingerprint density at radius 3 is 2.36 bits per heavy atom. The lowest BCUT2D eigenvalue weighted by molar-refractivity contribution is 0.401. The van der Waals surface area contributed by atoms with E-state index in [2.05, 4.69) is 9.88 Å². The lowest BCUT2D eigenvalue weighted by atomic mass is 10.3. The van der Waals surface area contributed by atoms with Gasteiger partial charge in [0.15, 0.2) is 11.6 Å². The molecule has 0 radical (unpaired) electrons. The van der Waals surface area contributed by atoms with E-state index in [1.54, 1.807) is 0 Å². The van der Waals surface area contributed by atoms with Crippen LogP contribution in [-0.2, 0) is 10.0 Å². The summed E-state index contributed by atoms with van der Waals surface area (Å²) in [4.78, 5) is -0.922. The number of rotatable bonds is 2. The monoisotopic (exact) mass is 223 g/mol. The molecule has 1 rings (SSSR count). The molecule has 0 aliphatic heterocycles. The first-order chi connectivity index (χ1) is 6.36. The summed E-state index contributed by atoms with van der Waals surface area (Å²) < 4.78 is 51.8. The molecule has 0 saturated heterocycles. The maximum absolute atomic E-state index is 12.9. The van der Waals surface area contributed by atoms with Crippen LogP contribution in [0.5, 0.6) is 5.75 Å². The fraction of sp³-hybridized carbons (Fsp3) is 0.143. The number of methoxy groups -OCH3 is 1. The number of nitrogens with two attached hydrogens (primary N) is 1. The van der Waals surface area contributed by atoms with Gasteiger partial charge in [0.1, 0.15) is 10.6 Å². The first-order valence-electron chi connectivity index (χ1n) is 3.42. The molecule has 2 N–H and O–H groups in total. The zero-order valence-corrected chi connectivity index (χ0v) is 7.94. The fourth-order valence-electron chi connectivity index (χ4n) is 0.865. The second kappa shape index (κ2) is 3.50. The Bertz CT molecular complexity index is 458. The number of hydrogen-bond acceptors (Lipinski definition) is 3. The molecule has 4 nitrogen and oxygen atoms in total. The molecule has 0 aliphatic carbocycles. The van der Waals surface area contributed by atoms with Gasteiger partial charge < -0.3 is 4.74 Å². The smallest absolute Gasteiger partial charge is 0.241 e. The predicted octanol–water partition coefficient (Wildman–Crippen LogP) is 0.621. The Balaban J connectivity index is 3.51. The maximum atomic E-state index is 12.9. The predicted molar refractivity (Wildman–Crippen MR) is 44.3 cm³/mol. The van der Waals surface area contributed by atoms with E-state index in [1.807, 2.05) is 0 Å². The summed E-state index contributed by atoms with van der Waals surface area (Å²) in [5.74, 6) is -2.95. The first kappa shape index (κ1) is 10.9. The highest BCUT2D eigenvalue weighted by atomic mass is 32.2. The van der Waals surface area contributed by atoms with Gasteiger partial charge in [-0.3, -0.25) is 0 Å². The van der Waals surface area contributed by atoms with Crippen molar-refractivity contribution in [1.82, 2.24) is 0 Å². The first-order valence-corrected chi connectivity index (χ1v) is 4.96. The van der Waals surface area contributed by atoms with Crippen molar-refractivity contribution in [2.24, 2.45) is 5.14 Å². The van der Waals surface area contributed by atoms with Gasteiger partial charge in [-0.05, 0) is 0 Å². The van der Waals surface area contributed by atoms with Crippen molar-refractivity contribution < 1.29 is 21.9 Å². The number of benzene rings is 1. The van der Waals surface area contributed by atoms with Crippen LogP contribution in [0, 0.1) is 11.6 Å². The molecule has 0 fully saturated rings. The van der Waals surface area contributed by atoms with Crippen molar-refractivity contribution >= 4 is 10.0 Å². The van der Waals surface area contributed by atoms with Crippen molar-refractivity contribution in [3.63, 3.8) is 0 Å². The minimum Gasteiger partial charge on any atom is -0.497 e. The highest BCUT2D eigenvalue weighted by molar-refractivity contribution is 7.89. The summed E-state index contributed by atoms with van der Waals surface area (Å²) in [5.41, 5.74) is 0. The third-order valence-corrected chi connectivity index (χ3v) is 2.42. The van der Waals surface area contributed by atoms with Gasteiger partial charge in [-0.15, -0.1) is 0 Å². The van der Waals surface area contributed by atoms with E-state index in [0.717, 1.165) is 12.1 Å². The van der Waals surface area contributed by atoms with E-state index in [9.17, 15) is 17.2 Å². The van der Waals surface area contributed by atoms with Gasteiger partial charge in [0.05, 0.1) is 7.11 Å². The van der Waals surface area contributed by atoms with Crippen LogP contribution >= 0.6 is 0 Å². The van der Waals surface area contributed by atoms with Crippen LogP contribution in [0.25, 0.3) is 0 Å². The Morgan fingerprint density at radius 2 is 1.93 bits per heavy atom. The van der Waals surface area contributed by atoms with E-state index in [4.69, 9.17) is 0 Å². The lowest BCUT2D eigenvalue weighted by Gasteiger charge is -2.04. The van der Waals surface area contributed by atoms with Crippen molar-refractivity contribution in [2.45, 2.75) is 4.90 Å². The van der Waals surface area contributed by atoms with E-state index in [0.29, 0.717) is 0 Å². The third-order valence-electron chi connectivity index (χ3n) is 1.51. The summed E-state index contributed by atoms with van der Waals surface area (Å²) in [7, 11) is -3.09. The molecule has 0 saturated carbocycles. The van der Waals surface area contributed by atoms with Gasteiger partial charge >= 0.3 is 0 Å². The van der Waals surface area contributed by atoms with Gasteiger partial charge in [-0.1, -0.05) is 0 Å². The second-order valence-corrected chi connectivity index (χ2v) is 4.00. The molecule has 0 aliphatic rings. The third kappa shape index (κ3) is 1.99. The number of sulfonamides is 1. The zero-order chi connectivity index (χ0) is 10.9. The van der Waals surface area contributed by atoms with Crippen LogP contribution < -0.4 is 9.88 Å². The van der Waals surface area contributed by atoms with Gasteiger partial charge in [-0.2, -0.15) is 0 Å². The lowest BCUT2D eigenvalue weighted by Crippen LogP contribution is -2.15. The van der Waals surface area contributed by atoms with Crippen LogP contribution in [0.3, 0.4) is 0 Å². The number of halogens is 2. The minimum absolute atomic E-state index is 0.118. The largest absolute Gasteiger partial charge is 0.497 e. The Labute approximate surface area is 79.3 Å². The van der Waals surface area contributed by atoms with E-state index < -0.39 is 26.6 Å². The zero-order valence-electron chi connectivity index (χ0n) is 7.12. The molecule has 0 amide bonds. The molecule has 0 unspecified atom stereocenters. The molecule has 78 valence electrons. The number of hydrogen-bond donors (Lipinski definition) is 1. The van der Waals surface area contributed by atoms with Gasteiger partial charge in [0, 0.05) is 12.1 Å². The van der Waals surface area contributed by atoms with E-state index in [-0.39, 0.29) is 5.75 Å². The SMILES string of the molecule is COc1cc(F)c(F)c(S(N)(=O)=O)c1. The van der Waals surface area contributed by atoms with Gasteiger partial charge in [0.2, 0.25) is 10.0 Å². The van der Waals surface area contributed by atoms with Crippen LogP contribution in [0.1, 0.15) is 0 Å². The molecular formula is C7H7F2NO3S. The molecule has 1 aromatic carbocycles. The Hall–Kier alpha value is -1.21. The minimum atomic E-state index is -4.28. The highest BCUT2D eigenvalue weighted by Gasteiger charge is 2.19. The molecular weight excluding hydrogens is 216 g/mol. The van der Waals surface area contributed by atoms with Crippen molar-refractivity contribution in [1.29, 1.82) is 0 Å². The Morgan fingerprint density at radius 1 is 1.36 bits per heavy atom. The summed E-state index contributed by atoms with van der Waals surface area (Å²) in [6.07, 6.45) is 0. The van der Waals surface area contributed by atoms with E-state index in [1.165, 1.54) is 7.11 Å². The molecule has 0 atom stereocenters. The molecule has 7 heteroatoms. The molecule has 0 aromatic heterocycles.